The van der Waals surface area contributed by atoms with Gasteiger partial charge in [-0.15, -0.1) is 0 Å². The molecule has 0 aliphatic heterocycles. The second-order valence-electron chi connectivity index (χ2n) is 4.54. The number of halogens is 2. The Labute approximate surface area is 127 Å². The molecule has 0 aliphatic carbocycles. The predicted molar refractivity (Wildman–Crippen MR) is 83.6 cm³/mol. The highest BCUT2D eigenvalue weighted by Crippen LogP contribution is 2.28. The van der Waals surface area contributed by atoms with Gasteiger partial charge in [0.25, 0.3) is 0 Å². The molecule has 4 heteroatoms. The van der Waals surface area contributed by atoms with Crippen molar-refractivity contribution in [3.05, 3.63) is 62.8 Å². The zero-order valence-electron chi connectivity index (χ0n) is 11.0. The summed E-state index contributed by atoms with van der Waals surface area (Å²) in [6.45, 7) is 2.10. The molecule has 1 atom stereocenters. The molecule has 0 radical (unpaired) electrons. The summed E-state index contributed by atoms with van der Waals surface area (Å²) in [5, 5.41) is 4.07. The van der Waals surface area contributed by atoms with E-state index in [4.69, 9.17) is 11.6 Å². The lowest BCUT2D eigenvalue weighted by atomic mass is 9.98. The normalized spacial score (nSPS) is 12.4. The Morgan fingerprint density at radius 1 is 1.37 bits per heavy atom. The molecule has 0 amide bonds. The molecule has 1 heterocycles. The summed E-state index contributed by atoms with van der Waals surface area (Å²) in [6.07, 6.45) is 4.30. The van der Waals surface area contributed by atoms with Crippen molar-refractivity contribution < 1.29 is 0 Å². The highest BCUT2D eigenvalue weighted by Gasteiger charge is 2.15. The fourth-order valence-corrected chi connectivity index (χ4v) is 2.81. The molecule has 1 unspecified atom stereocenters. The van der Waals surface area contributed by atoms with Crippen LogP contribution in [0.15, 0.2) is 41.1 Å². The van der Waals surface area contributed by atoms with Crippen molar-refractivity contribution in [2.24, 2.45) is 0 Å². The van der Waals surface area contributed by atoms with Gasteiger partial charge in [-0.3, -0.25) is 4.98 Å². The summed E-state index contributed by atoms with van der Waals surface area (Å²) in [4.78, 5) is 4.02. The molecule has 0 saturated carbocycles. The van der Waals surface area contributed by atoms with E-state index in [0.717, 1.165) is 16.5 Å². The van der Waals surface area contributed by atoms with Crippen LogP contribution in [0.1, 0.15) is 22.7 Å². The highest BCUT2D eigenvalue weighted by atomic mass is 79.9. The minimum atomic E-state index is 0.217. The number of hydrogen-bond donors (Lipinski definition) is 1. The van der Waals surface area contributed by atoms with E-state index in [1.54, 1.807) is 12.4 Å². The van der Waals surface area contributed by atoms with E-state index < -0.39 is 0 Å². The van der Waals surface area contributed by atoms with E-state index in [1.807, 2.05) is 13.1 Å². The van der Waals surface area contributed by atoms with E-state index in [1.165, 1.54) is 11.1 Å². The van der Waals surface area contributed by atoms with Gasteiger partial charge in [0, 0.05) is 22.9 Å². The van der Waals surface area contributed by atoms with E-state index in [-0.39, 0.29) is 6.04 Å². The van der Waals surface area contributed by atoms with E-state index in [0.29, 0.717) is 5.02 Å². The van der Waals surface area contributed by atoms with Crippen molar-refractivity contribution in [2.75, 3.05) is 7.05 Å². The van der Waals surface area contributed by atoms with E-state index in [9.17, 15) is 0 Å². The predicted octanol–water partition coefficient (Wildman–Crippen LogP) is 4.31. The smallest absolute Gasteiger partial charge is 0.0622 e. The number of likely N-dealkylation sites (N-methyl/N-ethyl adjacent to an activating group) is 1. The number of nitrogens with zero attached hydrogens (tertiary/aromatic N) is 1. The largest absolute Gasteiger partial charge is 0.313 e. The average molecular weight is 340 g/mol. The second-order valence-corrected chi connectivity index (χ2v) is 5.80. The van der Waals surface area contributed by atoms with Gasteiger partial charge in [0.1, 0.15) is 0 Å². The van der Waals surface area contributed by atoms with Crippen molar-refractivity contribution in [3.63, 3.8) is 0 Å². The molecule has 19 heavy (non-hydrogen) atoms. The summed E-state index contributed by atoms with van der Waals surface area (Å²) in [5.74, 6) is 0. The molecule has 1 aromatic heterocycles. The van der Waals surface area contributed by atoms with Crippen LogP contribution in [0.4, 0.5) is 0 Å². The van der Waals surface area contributed by atoms with Crippen LogP contribution in [0.2, 0.25) is 5.02 Å². The number of pyridine rings is 1. The second kappa shape index (κ2) is 6.51. The number of aryl methyl sites for hydroxylation is 1. The molecule has 0 fully saturated rings. The van der Waals surface area contributed by atoms with Crippen LogP contribution < -0.4 is 5.32 Å². The average Bonchev–Trinajstić information content (AvgIpc) is 2.41. The first-order valence-corrected chi connectivity index (χ1v) is 7.30. The number of nitrogens with one attached hydrogen (secondary N) is 1. The number of hydrogen-bond acceptors (Lipinski definition) is 2. The SMILES string of the molecule is CNC(Cc1ccncc1Cl)c1cc(C)ccc1Br. The summed E-state index contributed by atoms with van der Waals surface area (Å²) in [6, 6.07) is 8.56. The highest BCUT2D eigenvalue weighted by molar-refractivity contribution is 9.10. The lowest BCUT2D eigenvalue weighted by molar-refractivity contribution is 0.589. The molecular weight excluding hydrogens is 324 g/mol. The van der Waals surface area contributed by atoms with Gasteiger partial charge in [0.15, 0.2) is 0 Å². The van der Waals surface area contributed by atoms with Crippen molar-refractivity contribution in [2.45, 2.75) is 19.4 Å². The fourth-order valence-electron chi connectivity index (χ4n) is 2.09. The van der Waals surface area contributed by atoms with Crippen molar-refractivity contribution in [3.8, 4) is 0 Å². The number of rotatable bonds is 4. The molecule has 2 rings (SSSR count). The Morgan fingerprint density at radius 2 is 2.16 bits per heavy atom. The van der Waals surface area contributed by atoms with Gasteiger partial charge < -0.3 is 5.32 Å². The standard InChI is InChI=1S/C15H16BrClN2/c1-10-3-4-13(16)12(7-10)15(18-2)8-11-5-6-19-9-14(11)17/h3-7,9,15,18H,8H2,1-2H3. The Morgan fingerprint density at radius 3 is 2.84 bits per heavy atom. The molecule has 2 nitrogen and oxygen atoms in total. The summed E-state index contributed by atoms with van der Waals surface area (Å²) in [7, 11) is 1.97. The van der Waals surface area contributed by atoms with Gasteiger partial charge in [-0.2, -0.15) is 0 Å². The van der Waals surface area contributed by atoms with Gasteiger partial charge in [0.05, 0.1) is 5.02 Å². The van der Waals surface area contributed by atoms with Crippen LogP contribution in [0.3, 0.4) is 0 Å². The first-order chi connectivity index (χ1) is 9.11. The Balaban J connectivity index is 2.30. The Bertz CT molecular complexity index is 572. The van der Waals surface area contributed by atoms with Gasteiger partial charge in [-0.25, -0.2) is 0 Å². The number of benzene rings is 1. The Hall–Kier alpha value is -0.900. The van der Waals surface area contributed by atoms with Gasteiger partial charge >= 0.3 is 0 Å². The van der Waals surface area contributed by atoms with E-state index >= 15 is 0 Å². The van der Waals surface area contributed by atoms with Crippen LogP contribution in [-0.4, -0.2) is 12.0 Å². The van der Waals surface area contributed by atoms with Crippen molar-refractivity contribution >= 4 is 27.5 Å². The lowest BCUT2D eigenvalue weighted by Gasteiger charge is -2.19. The summed E-state index contributed by atoms with van der Waals surface area (Å²) in [5.41, 5.74) is 3.60. The maximum atomic E-state index is 6.18. The molecule has 0 aliphatic rings. The molecule has 1 aromatic carbocycles. The van der Waals surface area contributed by atoms with Crippen molar-refractivity contribution in [1.29, 1.82) is 0 Å². The monoisotopic (exact) mass is 338 g/mol. The van der Waals surface area contributed by atoms with Crippen molar-refractivity contribution in [1.82, 2.24) is 10.3 Å². The molecule has 1 N–H and O–H groups in total. The molecule has 0 spiro atoms. The zero-order chi connectivity index (χ0) is 13.8. The molecule has 2 aromatic rings. The first kappa shape index (κ1) is 14.5. The third-order valence-electron chi connectivity index (χ3n) is 3.16. The van der Waals surface area contributed by atoms with E-state index in [2.05, 4.69) is 51.4 Å². The number of aromatic nitrogens is 1. The van der Waals surface area contributed by atoms with Crippen LogP contribution >= 0.6 is 27.5 Å². The quantitative estimate of drug-likeness (QED) is 0.898. The topological polar surface area (TPSA) is 24.9 Å². The van der Waals surface area contributed by atoms with Gasteiger partial charge in [-0.05, 0) is 43.7 Å². The maximum absolute atomic E-state index is 6.18. The van der Waals surface area contributed by atoms with Gasteiger partial charge in [-0.1, -0.05) is 45.2 Å². The zero-order valence-corrected chi connectivity index (χ0v) is 13.3. The lowest BCUT2D eigenvalue weighted by Crippen LogP contribution is -2.19. The fraction of sp³-hybridized carbons (Fsp3) is 0.267. The molecule has 0 bridgehead atoms. The third kappa shape index (κ3) is 3.56. The minimum Gasteiger partial charge on any atom is -0.313 e. The Kier molecular flexibility index (Phi) is 4.97. The minimum absolute atomic E-state index is 0.217. The first-order valence-electron chi connectivity index (χ1n) is 6.13. The molecule has 100 valence electrons. The molecule has 0 saturated heterocycles. The van der Waals surface area contributed by atoms with Crippen LogP contribution in [0.5, 0.6) is 0 Å². The summed E-state index contributed by atoms with van der Waals surface area (Å²) < 4.78 is 1.11. The van der Waals surface area contributed by atoms with Crippen LogP contribution in [-0.2, 0) is 6.42 Å². The van der Waals surface area contributed by atoms with Gasteiger partial charge in [0.2, 0.25) is 0 Å². The maximum Gasteiger partial charge on any atom is 0.0622 e. The third-order valence-corrected chi connectivity index (χ3v) is 4.22. The van der Waals surface area contributed by atoms with Crippen LogP contribution in [0, 0.1) is 6.92 Å². The summed E-state index contributed by atoms with van der Waals surface area (Å²) >= 11 is 9.80. The molecular formula is C15H16BrClN2. The van der Waals surface area contributed by atoms with Crippen LogP contribution in [0.25, 0.3) is 0 Å².